The summed E-state index contributed by atoms with van der Waals surface area (Å²) in [5, 5.41) is 3.08. The molecule has 6 heteroatoms. The summed E-state index contributed by atoms with van der Waals surface area (Å²) in [5.74, 6) is -0.605. The summed E-state index contributed by atoms with van der Waals surface area (Å²) in [6, 6.07) is 6.64. The van der Waals surface area contributed by atoms with Crippen molar-refractivity contribution in [1.29, 1.82) is 5.41 Å². The molecule has 0 fully saturated rings. The first kappa shape index (κ1) is 12.7. The van der Waals surface area contributed by atoms with E-state index in [1.54, 1.807) is 24.3 Å². The van der Waals surface area contributed by atoms with Gasteiger partial charge in [0.25, 0.3) is 5.90 Å². The molecule has 0 unspecified atom stereocenters. The lowest BCUT2D eigenvalue weighted by Gasteiger charge is -2.11. The third kappa shape index (κ3) is 3.66. The van der Waals surface area contributed by atoms with E-state index in [0.29, 0.717) is 11.3 Å². The lowest BCUT2D eigenvalue weighted by molar-refractivity contribution is 0.122. The summed E-state index contributed by atoms with van der Waals surface area (Å²) in [6.45, 7) is -0.134. The van der Waals surface area contributed by atoms with Gasteiger partial charge in [0.2, 0.25) is 0 Å². The summed E-state index contributed by atoms with van der Waals surface area (Å²) >= 11 is 4.59. The van der Waals surface area contributed by atoms with Crippen molar-refractivity contribution in [1.82, 2.24) is 0 Å². The van der Waals surface area contributed by atoms with E-state index in [0.717, 1.165) is 0 Å². The van der Waals surface area contributed by atoms with Crippen LogP contribution >= 0.6 is 11.6 Å². The molecule has 0 aliphatic rings. The Morgan fingerprint density at radius 3 is 2.38 bits per heavy atom. The van der Waals surface area contributed by atoms with Crippen molar-refractivity contribution in [2.45, 2.75) is 12.0 Å². The molecule has 0 spiro atoms. The minimum absolute atomic E-state index is 0.134. The monoisotopic (exact) mass is 249 g/mol. The van der Waals surface area contributed by atoms with Gasteiger partial charge in [0.15, 0.2) is 0 Å². The average Bonchev–Trinajstić information content (AvgIpc) is 2.25. The van der Waals surface area contributed by atoms with E-state index in [-0.39, 0.29) is 6.61 Å². The van der Waals surface area contributed by atoms with Crippen LogP contribution in [0.4, 0.5) is 8.78 Å². The fourth-order valence-corrected chi connectivity index (χ4v) is 1.01. The number of rotatable bonds is 4. The summed E-state index contributed by atoms with van der Waals surface area (Å²) in [6.07, 6.45) is 0. The highest BCUT2D eigenvalue weighted by Gasteiger charge is 2.33. The van der Waals surface area contributed by atoms with Crippen LogP contribution < -0.4 is 4.74 Å². The minimum atomic E-state index is -3.76. The number of hydrogen-bond donors (Lipinski definition) is 1. The Morgan fingerprint density at radius 2 is 1.94 bits per heavy atom. The molecular formula is C10H10ClF2NO2. The van der Waals surface area contributed by atoms with E-state index >= 15 is 0 Å². The SMILES string of the molecule is COc1ccc(COC(=N)C(F)(F)Cl)cc1. The fourth-order valence-electron chi connectivity index (χ4n) is 0.959. The molecule has 0 saturated heterocycles. The van der Waals surface area contributed by atoms with Crippen molar-refractivity contribution >= 4 is 17.5 Å². The predicted octanol–water partition coefficient (Wildman–Crippen LogP) is 3.02. The maximum atomic E-state index is 12.3. The smallest absolute Gasteiger partial charge is 0.396 e. The Bertz CT molecular complexity index is 362. The fraction of sp³-hybridized carbons (Fsp3) is 0.300. The molecule has 0 aliphatic heterocycles. The van der Waals surface area contributed by atoms with Gasteiger partial charge in [0.05, 0.1) is 7.11 Å². The Hall–Kier alpha value is -1.36. The number of nitrogens with one attached hydrogen (secondary N) is 1. The average molecular weight is 250 g/mol. The van der Waals surface area contributed by atoms with Gasteiger partial charge in [0.1, 0.15) is 12.4 Å². The normalized spacial score (nSPS) is 11.0. The summed E-state index contributed by atoms with van der Waals surface area (Å²) in [4.78, 5) is 0. The van der Waals surface area contributed by atoms with E-state index < -0.39 is 11.3 Å². The standard InChI is InChI=1S/C10H10ClF2NO2/c1-15-8-4-2-7(3-5-8)6-16-9(14)10(11,12)13/h2-5,14H,6H2,1H3. The van der Waals surface area contributed by atoms with Crippen molar-refractivity contribution in [3.63, 3.8) is 0 Å². The third-order valence-electron chi connectivity index (χ3n) is 1.80. The molecule has 16 heavy (non-hydrogen) atoms. The van der Waals surface area contributed by atoms with Crippen LogP contribution in [0.5, 0.6) is 5.75 Å². The second-order valence-corrected chi connectivity index (χ2v) is 3.44. The van der Waals surface area contributed by atoms with E-state index in [2.05, 4.69) is 16.3 Å². The largest absolute Gasteiger partial charge is 0.497 e. The number of methoxy groups -OCH3 is 1. The maximum absolute atomic E-state index is 12.3. The molecule has 0 bridgehead atoms. The number of benzene rings is 1. The van der Waals surface area contributed by atoms with E-state index in [1.807, 2.05) is 0 Å². The number of hydrogen-bond acceptors (Lipinski definition) is 3. The highest BCUT2D eigenvalue weighted by atomic mass is 35.5. The molecule has 0 atom stereocenters. The number of halogens is 3. The van der Waals surface area contributed by atoms with Gasteiger partial charge >= 0.3 is 5.38 Å². The summed E-state index contributed by atoms with van der Waals surface area (Å²) < 4.78 is 34.1. The van der Waals surface area contributed by atoms with Gasteiger partial charge in [-0.3, -0.25) is 5.41 Å². The van der Waals surface area contributed by atoms with Crippen LogP contribution in [0, 0.1) is 5.41 Å². The van der Waals surface area contributed by atoms with E-state index in [1.165, 1.54) is 7.11 Å². The summed E-state index contributed by atoms with van der Waals surface area (Å²) in [7, 11) is 1.52. The molecule has 1 aromatic carbocycles. The molecule has 0 amide bonds. The first-order valence-corrected chi connectivity index (χ1v) is 4.73. The molecule has 1 aromatic rings. The highest BCUT2D eigenvalue weighted by molar-refractivity contribution is 6.31. The lowest BCUT2D eigenvalue weighted by atomic mass is 10.2. The maximum Gasteiger partial charge on any atom is 0.396 e. The highest BCUT2D eigenvalue weighted by Crippen LogP contribution is 2.21. The van der Waals surface area contributed by atoms with E-state index in [9.17, 15) is 8.78 Å². The van der Waals surface area contributed by atoms with Crippen molar-refractivity contribution in [2.75, 3.05) is 7.11 Å². The second kappa shape index (κ2) is 5.12. The Kier molecular flexibility index (Phi) is 4.06. The molecule has 0 aliphatic carbocycles. The molecule has 1 rings (SSSR count). The van der Waals surface area contributed by atoms with Crippen LogP contribution in [0.1, 0.15) is 5.56 Å². The van der Waals surface area contributed by atoms with Gasteiger partial charge < -0.3 is 9.47 Å². The van der Waals surface area contributed by atoms with E-state index in [4.69, 9.17) is 10.1 Å². The molecular weight excluding hydrogens is 240 g/mol. The topological polar surface area (TPSA) is 42.3 Å². The zero-order valence-corrected chi connectivity index (χ0v) is 9.22. The van der Waals surface area contributed by atoms with Crippen LogP contribution in [0.25, 0.3) is 0 Å². The van der Waals surface area contributed by atoms with Crippen molar-refractivity contribution in [3.8, 4) is 5.75 Å². The lowest BCUT2D eigenvalue weighted by Crippen LogP contribution is -2.23. The van der Waals surface area contributed by atoms with Crippen LogP contribution in [-0.2, 0) is 11.3 Å². The van der Waals surface area contributed by atoms with Gasteiger partial charge in [-0.2, -0.15) is 8.78 Å². The Labute approximate surface area is 96.4 Å². The predicted molar refractivity (Wildman–Crippen MR) is 56.3 cm³/mol. The van der Waals surface area contributed by atoms with Gasteiger partial charge in [-0.15, -0.1) is 0 Å². The molecule has 0 radical (unpaired) electrons. The molecule has 0 heterocycles. The van der Waals surface area contributed by atoms with Crippen molar-refractivity contribution < 1.29 is 18.3 Å². The number of alkyl halides is 3. The second-order valence-electron chi connectivity index (χ2n) is 2.96. The van der Waals surface area contributed by atoms with Crippen LogP contribution in [-0.4, -0.2) is 18.4 Å². The molecule has 0 aromatic heterocycles. The Balaban J connectivity index is 2.52. The zero-order chi connectivity index (χ0) is 12.2. The quantitative estimate of drug-likeness (QED) is 0.506. The minimum Gasteiger partial charge on any atom is -0.497 e. The molecule has 88 valence electrons. The molecule has 3 nitrogen and oxygen atoms in total. The molecule has 0 saturated carbocycles. The Morgan fingerprint density at radius 1 is 1.38 bits per heavy atom. The molecule has 1 N–H and O–H groups in total. The first-order valence-electron chi connectivity index (χ1n) is 4.35. The zero-order valence-electron chi connectivity index (χ0n) is 8.47. The van der Waals surface area contributed by atoms with Gasteiger partial charge in [-0.1, -0.05) is 12.1 Å². The first-order chi connectivity index (χ1) is 7.43. The third-order valence-corrected chi connectivity index (χ3v) is 1.97. The summed E-state index contributed by atoms with van der Waals surface area (Å²) in [5.41, 5.74) is 0.645. The van der Waals surface area contributed by atoms with Gasteiger partial charge in [0, 0.05) is 0 Å². The van der Waals surface area contributed by atoms with Gasteiger partial charge in [-0.05, 0) is 29.3 Å². The van der Waals surface area contributed by atoms with Crippen molar-refractivity contribution in [3.05, 3.63) is 29.8 Å². The van der Waals surface area contributed by atoms with Crippen LogP contribution in [0.2, 0.25) is 0 Å². The van der Waals surface area contributed by atoms with Gasteiger partial charge in [-0.25, -0.2) is 0 Å². The van der Waals surface area contributed by atoms with Crippen molar-refractivity contribution in [2.24, 2.45) is 0 Å². The van der Waals surface area contributed by atoms with Crippen LogP contribution in [0.15, 0.2) is 24.3 Å². The number of ether oxygens (including phenoxy) is 2. The van der Waals surface area contributed by atoms with Crippen LogP contribution in [0.3, 0.4) is 0 Å².